The van der Waals surface area contributed by atoms with E-state index < -0.39 is 0 Å². The van der Waals surface area contributed by atoms with E-state index in [1.165, 1.54) is 13.0 Å². The highest BCUT2D eigenvalue weighted by atomic mass is 16.5. The summed E-state index contributed by atoms with van der Waals surface area (Å²) in [5, 5.41) is 3.51. The minimum absolute atomic E-state index is 0.0199. The molecule has 0 spiro atoms. The van der Waals surface area contributed by atoms with E-state index in [0.717, 1.165) is 18.9 Å². The van der Waals surface area contributed by atoms with Crippen molar-refractivity contribution in [3.63, 3.8) is 0 Å². The van der Waals surface area contributed by atoms with Crippen LogP contribution >= 0.6 is 0 Å². The van der Waals surface area contributed by atoms with Gasteiger partial charge in [0, 0.05) is 7.11 Å². The van der Waals surface area contributed by atoms with Crippen molar-refractivity contribution in [2.75, 3.05) is 20.2 Å². The summed E-state index contributed by atoms with van der Waals surface area (Å²) < 4.78 is 5.36. The molecule has 1 aliphatic carbocycles. The SMILES string of the molecule is COC(C)(C)CCNCC1CC1(C)C. The van der Waals surface area contributed by atoms with Crippen LogP contribution < -0.4 is 5.32 Å². The van der Waals surface area contributed by atoms with E-state index in [-0.39, 0.29) is 5.60 Å². The normalized spacial score (nSPS) is 25.1. The van der Waals surface area contributed by atoms with Crippen molar-refractivity contribution in [1.82, 2.24) is 5.32 Å². The van der Waals surface area contributed by atoms with Crippen LogP contribution in [0.1, 0.15) is 40.5 Å². The average Bonchev–Trinajstić information content (AvgIpc) is 2.68. The average molecular weight is 199 g/mol. The van der Waals surface area contributed by atoms with E-state index in [1.54, 1.807) is 7.11 Å². The first-order valence-corrected chi connectivity index (χ1v) is 5.63. The van der Waals surface area contributed by atoms with E-state index in [2.05, 4.69) is 33.0 Å². The highest BCUT2D eigenvalue weighted by molar-refractivity contribution is 4.96. The number of ether oxygens (including phenoxy) is 1. The maximum Gasteiger partial charge on any atom is 0.0634 e. The van der Waals surface area contributed by atoms with Crippen LogP contribution in [0.3, 0.4) is 0 Å². The zero-order chi connectivity index (χ0) is 10.8. The van der Waals surface area contributed by atoms with Crippen LogP contribution in [0, 0.1) is 11.3 Å². The first kappa shape index (κ1) is 12.0. The van der Waals surface area contributed by atoms with Crippen molar-refractivity contribution in [3.8, 4) is 0 Å². The predicted octanol–water partition coefficient (Wildman–Crippen LogP) is 2.44. The van der Waals surface area contributed by atoms with E-state index in [9.17, 15) is 0 Å². The molecule has 2 heteroatoms. The molecule has 1 N–H and O–H groups in total. The van der Waals surface area contributed by atoms with Gasteiger partial charge in [-0.3, -0.25) is 0 Å². The second-order valence-corrected chi connectivity index (χ2v) is 5.81. The van der Waals surface area contributed by atoms with E-state index in [0.29, 0.717) is 5.41 Å². The van der Waals surface area contributed by atoms with Crippen LogP contribution in [0.5, 0.6) is 0 Å². The monoisotopic (exact) mass is 199 g/mol. The topological polar surface area (TPSA) is 21.3 Å². The molecular formula is C12H25NO. The highest BCUT2D eigenvalue weighted by Crippen LogP contribution is 2.50. The first-order chi connectivity index (χ1) is 6.37. The van der Waals surface area contributed by atoms with Crippen molar-refractivity contribution in [2.45, 2.75) is 46.1 Å². The van der Waals surface area contributed by atoms with Gasteiger partial charge in [0.1, 0.15) is 0 Å². The minimum Gasteiger partial charge on any atom is -0.379 e. The van der Waals surface area contributed by atoms with Gasteiger partial charge in [-0.1, -0.05) is 13.8 Å². The lowest BCUT2D eigenvalue weighted by atomic mass is 10.1. The summed E-state index contributed by atoms with van der Waals surface area (Å²) in [7, 11) is 1.78. The molecule has 0 aromatic rings. The zero-order valence-corrected chi connectivity index (χ0v) is 10.3. The Bertz CT molecular complexity index is 187. The number of nitrogens with one attached hydrogen (secondary N) is 1. The van der Waals surface area contributed by atoms with Crippen LogP contribution in [-0.2, 0) is 4.74 Å². The molecule has 2 nitrogen and oxygen atoms in total. The molecule has 0 aromatic carbocycles. The molecule has 0 radical (unpaired) electrons. The summed E-state index contributed by atoms with van der Waals surface area (Å²) in [6, 6.07) is 0. The van der Waals surface area contributed by atoms with Gasteiger partial charge in [-0.2, -0.15) is 0 Å². The Balaban J connectivity index is 2.01. The molecule has 0 heterocycles. The van der Waals surface area contributed by atoms with Crippen molar-refractivity contribution >= 4 is 0 Å². The molecule has 1 aliphatic rings. The summed E-state index contributed by atoms with van der Waals surface area (Å²) >= 11 is 0. The fraction of sp³-hybridized carbons (Fsp3) is 1.00. The van der Waals surface area contributed by atoms with Gasteiger partial charge in [-0.25, -0.2) is 0 Å². The highest BCUT2D eigenvalue weighted by Gasteiger charge is 2.44. The van der Waals surface area contributed by atoms with Gasteiger partial charge >= 0.3 is 0 Å². The fourth-order valence-corrected chi connectivity index (χ4v) is 1.69. The van der Waals surface area contributed by atoms with Crippen molar-refractivity contribution in [3.05, 3.63) is 0 Å². The summed E-state index contributed by atoms with van der Waals surface area (Å²) in [6.07, 6.45) is 2.46. The molecule has 1 unspecified atom stereocenters. The van der Waals surface area contributed by atoms with Crippen molar-refractivity contribution < 1.29 is 4.74 Å². The maximum atomic E-state index is 5.36. The lowest BCUT2D eigenvalue weighted by Crippen LogP contribution is -2.30. The molecule has 1 atom stereocenters. The van der Waals surface area contributed by atoms with Crippen LogP contribution in [0.2, 0.25) is 0 Å². The van der Waals surface area contributed by atoms with Gasteiger partial charge in [0.05, 0.1) is 5.60 Å². The zero-order valence-electron chi connectivity index (χ0n) is 10.3. The minimum atomic E-state index is 0.0199. The van der Waals surface area contributed by atoms with E-state index in [4.69, 9.17) is 4.74 Å². The molecule has 1 fully saturated rings. The third kappa shape index (κ3) is 3.58. The van der Waals surface area contributed by atoms with Crippen molar-refractivity contribution in [1.29, 1.82) is 0 Å². The van der Waals surface area contributed by atoms with Crippen LogP contribution in [0.4, 0.5) is 0 Å². The Hall–Kier alpha value is -0.0800. The Morgan fingerprint density at radius 1 is 1.43 bits per heavy atom. The largest absolute Gasteiger partial charge is 0.379 e. The second-order valence-electron chi connectivity index (χ2n) is 5.81. The quantitative estimate of drug-likeness (QED) is 0.663. The molecule has 0 aromatic heterocycles. The summed E-state index contributed by atoms with van der Waals surface area (Å²) in [4.78, 5) is 0. The predicted molar refractivity (Wildman–Crippen MR) is 60.5 cm³/mol. The molecule has 14 heavy (non-hydrogen) atoms. The first-order valence-electron chi connectivity index (χ1n) is 5.63. The Morgan fingerprint density at radius 2 is 2.00 bits per heavy atom. The number of hydrogen-bond donors (Lipinski definition) is 1. The molecule has 0 bridgehead atoms. The van der Waals surface area contributed by atoms with Gasteiger partial charge in [0.15, 0.2) is 0 Å². The molecule has 0 amide bonds. The third-order valence-corrected chi connectivity index (χ3v) is 3.56. The lowest BCUT2D eigenvalue weighted by Gasteiger charge is -2.22. The standard InChI is InChI=1S/C12H25NO/c1-11(2)8-10(11)9-13-7-6-12(3,4)14-5/h10,13H,6-9H2,1-5H3. The smallest absolute Gasteiger partial charge is 0.0634 e. The number of hydrogen-bond acceptors (Lipinski definition) is 2. The molecule has 1 saturated carbocycles. The molecule has 1 rings (SSSR count). The lowest BCUT2D eigenvalue weighted by molar-refractivity contribution is 0.0158. The Morgan fingerprint density at radius 3 is 2.43 bits per heavy atom. The van der Waals surface area contributed by atoms with Crippen molar-refractivity contribution in [2.24, 2.45) is 11.3 Å². The van der Waals surface area contributed by atoms with E-state index in [1.807, 2.05) is 0 Å². The summed E-state index contributed by atoms with van der Waals surface area (Å²) in [5.74, 6) is 0.896. The van der Waals surface area contributed by atoms with E-state index >= 15 is 0 Å². The van der Waals surface area contributed by atoms with Gasteiger partial charge in [-0.15, -0.1) is 0 Å². The Labute approximate surface area is 88.4 Å². The third-order valence-electron chi connectivity index (χ3n) is 3.56. The molecule has 0 aliphatic heterocycles. The van der Waals surface area contributed by atoms with Gasteiger partial charge in [-0.05, 0) is 51.1 Å². The van der Waals surface area contributed by atoms with Crippen LogP contribution in [0.15, 0.2) is 0 Å². The molecule has 0 saturated heterocycles. The summed E-state index contributed by atoms with van der Waals surface area (Å²) in [6.45, 7) is 11.2. The second kappa shape index (κ2) is 4.19. The summed E-state index contributed by atoms with van der Waals surface area (Å²) in [5.41, 5.74) is 0.621. The van der Waals surface area contributed by atoms with Crippen LogP contribution in [-0.4, -0.2) is 25.8 Å². The fourth-order valence-electron chi connectivity index (χ4n) is 1.69. The van der Waals surface area contributed by atoms with Gasteiger partial charge in [0.25, 0.3) is 0 Å². The maximum absolute atomic E-state index is 5.36. The molecular weight excluding hydrogens is 174 g/mol. The number of methoxy groups -OCH3 is 1. The van der Waals surface area contributed by atoms with Gasteiger partial charge in [0.2, 0.25) is 0 Å². The Kier molecular flexibility index (Phi) is 3.59. The molecule has 84 valence electrons. The number of rotatable bonds is 6. The van der Waals surface area contributed by atoms with Gasteiger partial charge < -0.3 is 10.1 Å². The van der Waals surface area contributed by atoms with Crippen LogP contribution in [0.25, 0.3) is 0 Å².